The third-order valence-corrected chi connectivity index (χ3v) is 1.96. The molecule has 0 unspecified atom stereocenters. The van der Waals surface area contributed by atoms with Crippen molar-refractivity contribution in [3.8, 4) is 0 Å². The Balaban J connectivity index is -0.000000197. The van der Waals surface area contributed by atoms with Crippen molar-refractivity contribution in [2.24, 2.45) is 5.41 Å². The molecule has 18 heavy (non-hydrogen) atoms. The molecule has 0 aliphatic heterocycles. The Morgan fingerprint density at radius 3 is 1.06 bits per heavy atom. The molecule has 0 saturated carbocycles. The van der Waals surface area contributed by atoms with Crippen LogP contribution in [0.2, 0.25) is 0 Å². The first-order valence-corrected chi connectivity index (χ1v) is 5.97. The molecule has 5 N–H and O–H groups in total. The molecule has 0 bridgehead atoms. The lowest BCUT2D eigenvalue weighted by atomic mass is 9.95. The van der Waals surface area contributed by atoms with Crippen LogP contribution in [0.25, 0.3) is 0 Å². The van der Waals surface area contributed by atoms with Gasteiger partial charge in [-0.2, -0.15) is 25.3 Å². The van der Waals surface area contributed by atoms with E-state index < -0.39 is 17.4 Å². The van der Waals surface area contributed by atoms with Crippen LogP contribution in [0.15, 0.2) is 0 Å². The fraction of sp³-hybridized carbons (Fsp3) is 0.778. The average Bonchev–Trinajstić information content (AvgIpc) is 2.39. The Morgan fingerprint density at radius 2 is 1.06 bits per heavy atom. The standard InChI is InChI=1S/C5H12O3.2C2H4O2S/c1-5(2-6,3-7)4-8;2*3-2(4)1-5/h6-8H,2-4H2,1H3;2*5H,1H2,(H,3,4). The molecular weight excluding hydrogens is 284 g/mol. The molecule has 0 aliphatic carbocycles. The highest BCUT2D eigenvalue weighted by atomic mass is 32.1. The summed E-state index contributed by atoms with van der Waals surface area (Å²) in [5.41, 5.74) is -0.708. The number of aliphatic hydroxyl groups excluding tert-OH is 3. The summed E-state index contributed by atoms with van der Waals surface area (Å²) in [5, 5.41) is 40.7. The second-order valence-electron chi connectivity index (χ2n) is 3.39. The SMILES string of the molecule is CC(CO)(CO)CO.O=C(O)CS.O=C(O)CS. The van der Waals surface area contributed by atoms with Gasteiger partial charge in [0.15, 0.2) is 0 Å². The summed E-state index contributed by atoms with van der Waals surface area (Å²) in [6.45, 7) is 1.06. The first kappa shape index (κ1) is 22.7. The van der Waals surface area contributed by atoms with Crippen molar-refractivity contribution in [3.05, 3.63) is 0 Å². The van der Waals surface area contributed by atoms with E-state index in [1.54, 1.807) is 6.92 Å². The molecule has 0 aromatic rings. The van der Waals surface area contributed by atoms with E-state index in [2.05, 4.69) is 25.3 Å². The molecule has 0 aromatic heterocycles. The van der Waals surface area contributed by atoms with E-state index in [1.807, 2.05) is 0 Å². The molecule has 0 saturated heterocycles. The van der Waals surface area contributed by atoms with Crippen LogP contribution in [0.4, 0.5) is 0 Å². The predicted octanol–water partition coefficient (Wildman–Crippen LogP) is -1.03. The summed E-state index contributed by atoms with van der Waals surface area (Å²) < 4.78 is 0. The molecule has 110 valence electrons. The van der Waals surface area contributed by atoms with Crippen molar-refractivity contribution >= 4 is 37.2 Å². The number of thiol groups is 2. The molecule has 7 nitrogen and oxygen atoms in total. The second kappa shape index (κ2) is 14.6. The van der Waals surface area contributed by atoms with Gasteiger partial charge < -0.3 is 25.5 Å². The van der Waals surface area contributed by atoms with Crippen molar-refractivity contribution in [1.29, 1.82) is 0 Å². The molecular formula is C9H20O7S2. The van der Waals surface area contributed by atoms with E-state index in [0.717, 1.165) is 0 Å². The lowest BCUT2D eigenvalue weighted by Gasteiger charge is -2.20. The van der Waals surface area contributed by atoms with Gasteiger partial charge in [-0.25, -0.2) is 0 Å². The monoisotopic (exact) mass is 304 g/mol. The van der Waals surface area contributed by atoms with Gasteiger partial charge in [0, 0.05) is 5.41 Å². The van der Waals surface area contributed by atoms with Gasteiger partial charge in [-0.3, -0.25) is 9.59 Å². The van der Waals surface area contributed by atoms with E-state index >= 15 is 0 Å². The van der Waals surface area contributed by atoms with Crippen LogP contribution in [-0.4, -0.2) is 68.8 Å². The molecule has 0 spiro atoms. The molecule has 9 heteroatoms. The highest BCUT2D eigenvalue weighted by Crippen LogP contribution is 2.10. The zero-order valence-electron chi connectivity index (χ0n) is 9.98. The van der Waals surface area contributed by atoms with Gasteiger partial charge in [0.2, 0.25) is 0 Å². The zero-order chi connectivity index (χ0) is 15.2. The number of hydrogen-bond donors (Lipinski definition) is 7. The summed E-state index contributed by atoms with van der Waals surface area (Å²) in [4.78, 5) is 18.6. The summed E-state index contributed by atoms with van der Waals surface area (Å²) in [5.74, 6) is -1.93. The number of carbonyl (C=O) groups is 2. The van der Waals surface area contributed by atoms with Crippen LogP contribution < -0.4 is 0 Å². The fourth-order valence-corrected chi connectivity index (χ4v) is 0.150. The van der Waals surface area contributed by atoms with Gasteiger partial charge in [0.1, 0.15) is 0 Å². The lowest BCUT2D eigenvalue weighted by molar-refractivity contribution is -0.134. The van der Waals surface area contributed by atoms with E-state index in [9.17, 15) is 9.59 Å². The smallest absolute Gasteiger partial charge is 0.313 e. The molecule has 0 fully saturated rings. The molecule has 0 heterocycles. The Morgan fingerprint density at radius 1 is 0.889 bits per heavy atom. The van der Waals surface area contributed by atoms with Gasteiger partial charge in [-0.15, -0.1) is 0 Å². The van der Waals surface area contributed by atoms with Crippen LogP contribution >= 0.6 is 25.3 Å². The maximum atomic E-state index is 9.29. The highest BCUT2D eigenvalue weighted by molar-refractivity contribution is 7.81. The third kappa shape index (κ3) is 20.9. The first-order valence-electron chi connectivity index (χ1n) is 4.70. The highest BCUT2D eigenvalue weighted by Gasteiger charge is 2.20. The van der Waals surface area contributed by atoms with Gasteiger partial charge in [-0.05, 0) is 0 Å². The topological polar surface area (TPSA) is 135 Å². The fourth-order valence-electron chi connectivity index (χ4n) is 0.150. The van der Waals surface area contributed by atoms with Crippen LogP contribution in [0.5, 0.6) is 0 Å². The minimum atomic E-state index is -0.881. The number of carboxylic acids is 2. The Labute approximate surface area is 116 Å². The van der Waals surface area contributed by atoms with Gasteiger partial charge in [0.05, 0.1) is 31.3 Å². The van der Waals surface area contributed by atoms with E-state index in [-0.39, 0.29) is 31.3 Å². The van der Waals surface area contributed by atoms with Gasteiger partial charge in [-0.1, -0.05) is 6.92 Å². The van der Waals surface area contributed by atoms with Crippen molar-refractivity contribution in [1.82, 2.24) is 0 Å². The van der Waals surface area contributed by atoms with Gasteiger partial charge in [0.25, 0.3) is 0 Å². The molecule has 0 amide bonds. The molecule has 0 aromatic carbocycles. The van der Waals surface area contributed by atoms with Crippen molar-refractivity contribution in [3.63, 3.8) is 0 Å². The van der Waals surface area contributed by atoms with E-state index in [0.29, 0.717) is 0 Å². The maximum absolute atomic E-state index is 9.29. The average molecular weight is 304 g/mol. The summed E-state index contributed by atoms with van der Waals surface area (Å²) >= 11 is 6.83. The number of hydrogen-bond acceptors (Lipinski definition) is 7. The number of aliphatic carboxylic acids is 2. The van der Waals surface area contributed by atoms with E-state index in [4.69, 9.17) is 25.5 Å². The number of carboxylic acid groups (broad SMARTS) is 2. The predicted molar refractivity (Wildman–Crippen MR) is 72.3 cm³/mol. The summed E-state index contributed by atoms with van der Waals surface area (Å²) in [7, 11) is 0. The lowest BCUT2D eigenvalue weighted by Crippen LogP contribution is -2.29. The van der Waals surface area contributed by atoms with Crippen LogP contribution in [0.1, 0.15) is 6.92 Å². The first-order chi connectivity index (χ1) is 8.22. The Kier molecular flexibility index (Phi) is 18.4. The zero-order valence-corrected chi connectivity index (χ0v) is 11.8. The second-order valence-corrected chi connectivity index (χ2v) is 4.02. The quantitative estimate of drug-likeness (QED) is 0.323. The van der Waals surface area contributed by atoms with Crippen molar-refractivity contribution in [2.75, 3.05) is 31.3 Å². The summed E-state index contributed by atoms with van der Waals surface area (Å²) in [6, 6.07) is 0. The van der Waals surface area contributed by atoms with Crippen LogP contribution in [0.3, 0.4) is 0 Å². The van der Waals surface area contributed by atoms with E-state index in [1.165, 1.54) is 0 Å². The van der Waals surface area contributed by atoms with Crippen molar-refractivity contribution < 1.29 is 35.1 Å². The largest absolute Gasteiger partial charge is 0.481 e. The normalized spacial score (nSPS) is 9.44. The van der Waals surface area contributed by atoms with Gasteiger partial charge >= 0.3 is 11.9 Å². The minimum absolute atomic E-state index is 0.0833. The van der Waals surface area contributed by atoms with Crippen LogP contribution in [0, 0.1) is 5.41 Å². The molecule has 0 radical (unpaired) electrons. The maximum Gasteiger partial charge on any atom is 0.313 e. The molecule has 0 rings (SSSR count). The van der Waals surface area contributed by atoms with Crippen LogP contribution in [-0.2, 0) is 9.59 Å². The third-order valence-electron chi connectivity index (χ3n) is 1.42. The minimum Gasteiger partial charge on any atom is -0.481 e. The molecule has 0 atom stereocenters. The molecule has 0 aliphatic rings. The number of aliphatic hydroxyl groups is 3. The Bertz CT molecular complexity index is 197. The Hall–Kier alpha value is -0.480. The number of rotatable bonds is 5. The summed E-state index contributed by atoms with van der Waals surface area (Å²) in [6.07, 6.45) is 0. The van der Waals surface area contributed by atoms with Crippen molar-refractivity contribution in [2.45, 2.75) is 6.92 Å².